The highest BCUT2D eigenvalue weighted by molar-refractivity contribution is 5.83. The van der Waals surface area contributed by atoms with E-state index in [-0.39, 0.29) is 23.2 Å². The summed E-state index contributed by atoms with van der Waals surface area (Å²) in [5.74, 6) is -0.446. The number of fused-ring (bicyclic) bond motifs is 1. The molecule has 0 unspecified atom stereocenters. The first-order chi connectivity index (χ1) is 8.08. The van der Waals surface area contributed by atoms with Gasteiger partial charge in [0, 0.05) is 12.6 Å². The van der Waals surface area contributed by atoms with Gasteiger partial charge >= 0.3 is 5.69 Å². The highest BCUT2D eigenvalue weighted by Gasteiger charge is 2.11. The fraction of sp³-hybridized carbons (Fsp3) is 0.273. The highest BCUT2D eigenvalue weighted by Crippen LogP contribution is 2.21. The molecule has 1 aromatic carbocycles. The molecule has 0 fully saturated rings. The maximum absolute atomic E-state index is 13.3. The first-order valence-corrected chi connectivity index (χ1v) is 5.08. The zero-order chi connectivity index (χ0) is 12.6. The van der Waals surface area contributed by atoms with Crippen molar-refractivity contribution in [1.82, 2.24) is 9.55 Å². The molecule has 0 bridgehead atoms. The van der Waals surface area contributed by atoms with Crippen LogP contribution in [-0.2, 0) is 6.54 Å². The zero-order valence-electron chi connectivity index (χ0n) is 9.41. The van der Waals surface area contributed by atoms with Gasteiger partial charge in [-0.2, -0.15) is 0 Å². The summed E-state index contributed by atoms with van der Waals surface area (Å²) in [6.07, 6.45) is 0. The van der Waals surface area contributed by atoms with E-state index in [1.54, 1.807) is 6.92 Å². The number of aromatic amines is 1. The number of rotatable bonds is 2. The second-order valence-corrected chi connectivity index (χ2v) is 3.51. The summed E-state index contributed by atoms with van der Waals surface area (Å²) in [4.78, 5) is 26.0. The second kappa shape index (κ2) is 4.04. The van der Waals surface area contributed by atoms with E-state index in [9.17, 15) is 14.0 Å². The molecule has 2 rings (SSSR count). The average Bonchev–Trinajstić information content (AvgIpc) is 2.30. The number of nitrogens with zero attached hydrogens (tertiary/aromatic N) is 1. The summed E-state index contributed by atoms with van der Waals surface area (Å²) < 4.78 is 19.2. The van der Waals surface area contributed by atoms with E-state index in [1.165, 1.54) is 7.11 Å². The monoisotopic (exact) mass is 238 g/mol. The minimum absolute atomic E-state index is 0.100. The van der Waals surface area contributed by atoms with Crippen LogP contribution in [0.5, 0.6) is 5.75 Å². The Hall–Kier alpha value is -2.11. The Labute approximate surface area is 95.5 Å². The number of H-pyrrole nitrogens is 1. The van der Waals surface area contributed by atoms with Gasteiger partial charge in [0.1, 0.15) is 11.6 Å². The summed E-state index contributed by atoms with van der Waals surface area (Å²) in [6, 6.07) is 2.20. The van der Waals surface area contributed by atoms with E-state index in [4.69, 9.17) is 4.74 Å². The Kier molecular flexibility index (Phi) is 2.71. The summed E-state index contributed by atoms with van der Waals surface area (Å²) >= 11 is 0. The Balaban J connectivity index is 3.01. The summed E-state index contributed by atoms with van der Waals surface area (Å²) in [6.45, 7) is 1.89. The van der Waals surface area contributed by atoms with Gasteiger partial charge in [-0.05, 0) is 13.0 Å². The van der Waals surface area contributed by atoms with Crippen molar-refractivity contribution in [3.8, 4) is 5.75 Å². The number of halogens is 1. The molecule has 0 saturated heterocycles. The molecule has 0 atom stereocenters. The van der Waals surface area contributed by atoms with Crippen LogP contribution in [0, 0.1) is 5.82 Å². The van der Waals surface area contributed by atoms with Crippen molar-refractivity contribution >= 4 is 10.9 Å². The van der Waals surface area contributed by atoms with Crippen molar-refractivity contribution < 1.29 is 9.13 Å². The van der Waals surface area contributed by atoms with E-state index >= 15 is 0 Å². The third-order valence-corrected chi connectivity index (χ3v) is 2.56. The average molecular weight is 238 g/mol. The SMILES string of the molecule is CCn1c(=O)[nH]c2c(OC)cc(F)cc2c1=O. The lowest BCUT2D eigenvalue weighted by atomic mass is 10.2. The second-order valence-electron chi connectivity index (χ2n) is 3.51. The van der Waals surface area contributed by atoms with Crippen LogP contribution >= 0.6 is 0 Å². The minimum Gasteiger partial charge on any atom is -0.494 e. The molecule has 1 aromatic heterocycles. The number of ether oxygens (including phenoxy) is 1. The van der Waals surface area contributed by atoms with Crippen LogP contribution in [0.25, 0.3) is 10.9 Å². The molecule has 0 radical (unpaired) electrons. The normalized spacial score (nSPS) is 10.8. The number of nitrogens with one attached hydrogen (secondary N) is 1. The number of hydrogen-bond donors (Lipinski definition) is 1. The summed E-state index contributed by atoms with van der Waals surface area (Å²) in [5, 5.41) is 0.100. The standard InChI is InChI=1S/C11H11FN2O3/c1-3-14-10(15)7-4-6(12)5-8(17-2)9(7)13-11(14)16/h4-5H,3H2,1-2H3,(H,13,16). The van der Waals surface area contributed by atoms with Gasteiger partial charge in [0.15, 0.2) is 0 Å². The number of aromatic nitrogens is 2. The minimum atomic E-state index is -0.582. The molecule has 2 aromatic rings. The fourth-order valence-electron chi connectivity index (χ4n) is 1.74. The predicted molar refractivity (Wildman–Crippen MR) is 61.0 cm³/mol. The molecule has 0 amide bonds. The van der Waals surface area contributed by atoms with E-state index in [0.29, 0.717) is 0 Å². The first-order valence-electron chi connectivity index (χ1n) is 5.08. The van der Waals surface area contributed by atoms with Crippen molar-refractivity contribution in [2.24, 2.45) is 0 Å². The first kappa shape index (κ1) is 11.4. The van der Waals surface area contributed by atoms with Crippen LogP contribution in [0.1, 0.15) is 6.92 Å². The Bertz CT molecular complexity index is 687. The van der Waals surface area contributed by atoms with Gasteiger partial charge in [-0.1, -0.05) is 0 Å². The van der Waals surface area contributed by atoms with Crippen molar-refractivity contribution in [1.29, 1.82) is 0 Å². The molecule has 0 aliphatic heterocycles. The molecule has 0 aliphatic rings. The maximum atomic E-state index is 13.3. The molecular formula is C11H11FN2O3. The Morgan fingerprint density at radius 2 is 2.12 bits per heavy atom. The van der Waals surface area contributed by atoms with Crippen LogP contribution < -0.4 is 16.0 Å². The lowest BCUT2D eigenvalue weighted by molar-refractivity contribution is 0.415. The van der Waals surface area contributed by atoms with Gasteiger partial charge in [-0.3, -0.25) is 9.36 Å². The number of hydrogen-bond acceptors (Lipinski definition) is 3. The molecule has 17 heavy (non-hydrogen) atoms. The largest absolute Gasteiger partial charge is 0.494 e. The van der Waals surface area contributed by atoms with E-state index in [2.05, 4.69) is 4.98 Å². The third kappa shape index (κ3) is 1.71. The Morgan fingerprint density at radius 1 is 1.41 bits per heavy atom. The van der Waals surface area contributed by atoms with Crippen LogP contribution in [0.4, 0.5) is 4.39 Å². The van der Waals surface area contributed by atoms with Gasteiger partial charge in [0.25, 0.3) is 5.56 Å². The van der Waals surface area contributed by atoms with Gasteiger partial charge in [-0.15, -0.1) is 0 Å². The Morgan fingerprint density at radius 3 is 2.71 bits per heavy atom. The molecule has 1 heterocycles. The van der Waals surface area contributed by atoms with Crippen LogP contribution in [-0.4, -0.2) is 16.7 Å². The number of methoxy groups -OCH3 is 1. The predicted octanol–water partition coefficient (Wildman–Crippen LogP) is 0.857. The highest BCUT2D eigenvalue weighted by atomic mass is 19.1. The van der Waals surface area contributed by atoms with Gasteiger partial charge in [-0.25, -0.2) is 9.18 Å². The van der Waals surface area contributed by atoms with Gasteiger partial charge in [0.05, 0.1) is 18.0 Å². The summed E-state index contributed by atoms with van der Waals surface area (Å²) in [5.41, 5.74) is -0.840. The topological polar surface area (TPSA) is 64.1 Å². The van der Waals surface area contributed by atoms with Crippen molar-refractivity contribution in [2.45, 2.75) is 13.5 Å². The van der Waals surface area contributed by atoms with Crippen LogP contribution in [0.2, 0.25) is 0 Å². The molecule has 1 N–H and O–H groups in total. The zero-order valence-corrected chi connectivity index (χ0v) is 9.41. The van der Waals surface area contributed by atoms with Gasteiger partial charge in [0.2, 0.25) is 0 Å². The fourth-order valence-corrected chi connectivity index (χ4v) is 1.74. The lowest BCUT2D eigenvalue weighted by Crippen LogP contribution is -2.34. The lowest BCUT2D eigenvalue weighted by Gasteiger charge is -2.07. The molecule has 5 nitrogen and oxygen atoms in total. The van der Waals surface area contributed by atoms with Crippen LogP contribution in [0.15, 0.2) is 21.7 Å². The summed E-state index contributed by atoms with van der Waals surface area (Å²) in [7, 11) is 1.35. The smallest absolute Gasteiger partial charge is 0.328 e. The van der Waals surface area contributed by atoms with Gasteiger partial charge < -0.3 is 9.72 Å². The molecule has 0 saturated carbocycles. The molecular weight excluding hydrogens is 227 g/mol. The molecule has 90 valence electrons. The molecule has 6 heteroatoms. The van der Waals surface area contributed by atoms with E-state index in [1.807, 2.05) is 0 Å². The van der Waals surface area contributed by atoms with E-state index < -0.39 is 17.1 Å². The van der Waals surface area contributed by atoms with Crippen molar-refractivity contribution in [3.63, 3.8) is 0 Å². The molecule has 0 spiro atoms. The maximum Gasteiger partial charge on any atom is 0.328 e. The number of benzene rings is 1. The van der Waals surface area contributed by atoms with Crippen molar-refractivity contribution in [3.05, 3.63) is 38.8 Å². The van der Waals surface area contributed by atoms with Crippen LogP contribution in [0.3, 0.4) is 0 Å². The van der Waals surface area contributed by atoms with Crippen molar-refractivity contribution in [2.75, 3.05) is 7.11 Å². The quantitative estimate of drug-likeness (QED) is 0.843. The third-order valence-electron chi connectivity index (χ3n) is 2.56. The van der Waals surface area contributed by atoms with E-state index in [0.717, 1.165) is 16.7 Å². The molecule has 0 aliphatic carbocycles.